The molecule has 0 aliphatic rings. The van der Waals surface area contributed by atoms with E-state index < -0.39 is 5.91 Å². The molecule has 0 saturated carbocycles. The molecule has 0 aromatic rings. The minimum absolute atomic E-state index is 0.0694. The lowest BCUT2D eigenvalue weighted by atomic mass is 10.4. The summed E-state index contributed by atoms with van der Waals surface area (Å²) >= 11 is 4.45. The van der Waals surface area contributed by atoms with Crippen molar-refractivity contribution in [1.82, 2.24) is 5.48 Å². The Bertz CT molecular complexity index is 167. The van der Waals surface area contributed by atoms with Gasteiger partial charge < -0.3 is 0 Å². The molecular formula is C5H8N2O2S. The number of rotatable bonds is 3. The van der Waals surface area contributed by atoms with Gasteiger partial charge in [-0.3, -0.25) is 15.0 Å². The van der Waals surface area contributed by atoms with Crippen LogP contribution in [-0.4, -0.2) is 28.7 Å². The second-order valence-electron chi connectivity index (χ2n) is 1.42. The average molecular weight is 160 g/mol. The van der Waals surface area contributed by atoms with Crippen molar-refractivity contribution in [2.45, 2.75) is 6.92 Å². The predicted octanol–water partition coefficient (Wildman–Crippen LogP) is -0.0476. The van der Waals surface area contributed by atoms with E-state index in [-0.39, 0.29) is 5.71 Å². The molecule has 0 spiro atoms. The summed E-state index contributed by atoms with van der Waals surface area (Å²) in [5, 5.41) is 9.24. The summed E-state index contributed by atoms with van der Waals surface area (Å²) in [5.74, 6) is -0.670. The van der Waals surface area contributed by atoms with Gasteiger partial charge in [-0.15, -0.1) is 0 Å². The van der Waals surface area contributed by atoms with Crippen molar-refractivity contribution in [2.75, 3.05) is 6.54 Å². The summed E-state index contributed by atoms with van der Waals surface area (Å²) in [7, 11) is 0. The zero-order chi connectivity index (χ0) is 7.98. The number of carbonyl (C=O) groups is 1. The van der Waals surface area contributed by atoms with Crippen molar-refractivity contribution in [1.29, 1.82) is 0 Å². The predicted molar refractivity (Wildman–Crippen MR) is 41.6 cm³/mol. The van der Waals surface area contributed by atoms with Gasteiger partial charge in [-0.05, 0) is 6.92 Å². The van der Waals surface area contributed by atoms with Crippen LogP contribution in [0.1, 0.15) is 6.92 Å². The molecule has 0 aliphatic heterocycles. The van der Waals surface area contributed by atoms with Crippen LogP contribution in [0.5, 0.6) is 0 Å². The smallest absolute Gasteiger partial charge is 0.288 e. The number of hydrogen-bond acceptors (Lipinski definition) is 4. The molecule has 0 aliphatic carbocycles. The molecule has 0 aromatic heterocycles. The highest BCUT2D eigenvalue weighted by atomic mass is 32.1. The maximum absolute atomic E-state index is 10.5. The molecule has 0 atom stereocenters. The van der Waals surface area contributed by atoms with Gasteiger partial charge in [0.25, 0.3) is 5.91 Å². The summed E-state index contributed by atoms with van der Waals surface area (Å²) in [5.41, 5.74) is 1.50. The standard InChI is InChI=1S/C5H8N2O2S/c1-2-6-4(3-10)5(8)7-9/h3,9H,2H2,1H3,(H,7,8). The first-order chi connectivity index (χ1) is 4.76. The second kappa shape index (κ2) is 5.01. The van der Waals surface area contributed by atoms with E-state index in [1.165, 1.54) is 5.48 Å². The van der Waals surface area contributed by atoms with Crippen LogP contribution in [0.4, 0.5) is 0 Å². The van der Waals surface area contributed by atoms with Gasteiger partial charge >= 0.3 is 0 Å². The quantitative estimate of drug-likeness (QED) is 0.263. The van der Waals surface area contributed by atoms with E-state index in [9.17, 15) is 4.79 Å². The Balaban J connectivity index is 4.20. The number of thiocarbonyl (C=S) groups is 1. The second-order valence-corrected chi connectivity index (χ2v) is 1.65. The van der Waals surface area contributed by atoms with E-state index in [1.54, 1.807) is 6.92 Å². The van der Waals surface area contributed by atoms with Gasteiger partial charge in [-0.1, -0.05) is 12.2 Å². The van der Waals surface area contributed by atoms with Gasteiger partial charge in [0.1, 0.15) is 5.71 Å². The molecule has 0 saturated heterocycles. The van der Waals surface area contributed by atoms with Gasteiger partial charge in [0.15, 0.2) is 0 Å². The van der Waals surface area contributed by atoms with Gasteiger partial charge in [-0.25, -0.2) is 5.48 Å². The lowest BCUT2D eigenvalue weighted by molar-refractivity contribution is -0.122. The Morgan fingerprint density at radius 1 is 1.90 bits per heavy atom. The highest BCUT2D eigenvalue weighted by Crippen LogP contribution is 1.76. The molecule has 5 heteroatoms. The summed E-state index contributed by atoms with van der Waals surface area (Å²) in [6.07, 6.45) is 0. The SMILES string of the molecule is CCN=C(C=S)C(=O)NO. The molecule has 0 fully saturated rings. The summed E-state index contributed by atoms with van der Waals surface area (Å²) < 4.78 is 0. The van der Waals surface area contributed by atoms with E-state index in [1.807, 2.05) is 0 Å². The largest absolute Gasteiger partial charge is 0.293 e. The van der Waals surface area contributed by atoms with E-state index in [2.05, 4.69) is 17.2 Å². The van der Waals surface area contributed by atoms with Crippen molar-refractivity contribution in [3.8, 4) is 0 Å². The fraction of sp³-hybridized carbons (Fsp3) is 0.400. The van der Waals surface area contributed by atoms with Gasteiger partial charge in [0, 0.05) is 11.9 Å². The highest BCUT2D eigenvalue weighted by Gasteiger charge is 2.04. The van der Waals surface area contributed by atoms with Crippen LogP contribution in [0, 0.1) is 0 Å². The van der Waals surface area contributed by atoms with Crippen molar-refractivity contribution in [3.05, 3.63) is 0 Å². The molecule has 1 amide bonds. The van der Waals surface area contributed by atoms with E-state index in [0.29, 0.717) is 6.54 Å². The van der Waals surface area contributed by atoms with Crippen LogP contribution in [0.15, 0.2) is 4.99 Å². The van der Waals surface area contributed by atoms with Crippen LogP contribution in [0.3, 0.4) is 0 Å². The molecule has 0 bridgehead atoms. The fourth-order valence-corrected chi connectivity index (χ4v) is 0.572. The molecule has 0 heterocycles. The zero-order valence-electron chi connectivity index (χ0n) is 5.50. The number of carbonyl (C=O) groups excluding carboxylic acids is 1. The van der Waals surface area contributed by atoms with Gasteiger partial charge in [-0.2, -0.15) is 0 Å². The normalized spacial score (nSPS) is 10.8. The molecule has 0 rings (SSSR count). The zero-order valence-corrected chi connectivity index (χ0v) is 6.31. The molecule has 0 aromatic carbocycles. The monoisotopic (exact) mass is 160 g/mol. The van der Waals surface area contributed by atoms with E-state index in [0.717, 1.165) is 5.37 Å². The minimum Gasteiger partial charge on any atom is -0.288 e. The maximum Gasteiger partial charge on any atom is 0.293 e. The molecule has 56 valence electrons. The van der Waals surface area contributed by atoms with Crippen LogP contribution in [0.25, 0.3) is 0 Å². The van der Waals surface area contributed by atoms with Crippen molar-refractivity contribution < 1.29 is 10.0 Å². The van der Waals surface area contributed by atoms with Crippen molar-refractivity contribution in [2.24, 2.45) is 4.99 Å². The lowest BCUT2D eigenvalue weighted by Crippen LogP contribution is -2.28. The van der Waals surface area contributed by atoms with Gasteiger partial charge in [0.05, 0.1) is 0 Å². The Morgan fingerprint density at radius 3 is 2.80 bits per heavy atom. The van der Waals surface area contributed by atoms with Crippen LogP contribution < -0.4 is 5.48 Å². The highest BCUT2D eigenvalue weighted by molar-refractivity contribution is 7.80. The topological polar surface area (TPSA) is 61.7 Å². The van der Waals surface area contributed by atoms with Crippen LogP contribution in [-0.2, 0) is 4.79 Å². The first kappa shape index (κ1) is 9.19. The Labute approximate surface area is 63.9 Å². The molecule has 10 heavy (non-hydrogen) atoms. The van der Waals surface area contributed by atoms with Crippen LogP contribution >= 0.6 is 12.2 Å². The molecular weight excluding hydrogens is 152 g/mol. The molecule has 0 radical (unpaired) electrons. The number of nitrogens with one attached hydrogen (secondary N) is 1. The fourth-order valence-electron chi connectivity index (χ4n) is 0.390. The molecule has 0 unspecified atom stereocenters. The first-order valence-corrected chi connectivity index (χ1v) is 3.17. The summed E-state index contributed by atoms with van der Waals surface area (Å²) in [6, 6.07) is 0. The Kier molecular flexibility index (Phi) is 4.61. The van der Waals surface area contributed by atoms with Crippen molar-refractivity contribution >= 4 is 29.2 Å². The summed E-state index contributed by atoms with van der Waals surface area (Å²) in [6.45, 7) is 2.24. The van der Waals surface area contributed by atoms with Crippen molar-refractivity contribution in [3.63, 3.8) is 0 Å². The third-order valence-corrected chi connectivity index (χ3v) is 0.998. The first-order valence-electron chi connectivity index (χ1n) is 2.70. The average Bonchev–Trinajstić information content (AvgIpc) is 1.99. The molecule has 2 N–H and O–H groups in total. The number of amides is 1. The minimum atomic E-state index is -0.670. The van der Waals surface area contributed by atoms with Gasteiger partial charge in [0.2, 0.25) is 0 Å². The molecule has 4 nitrogen and oxygen atoms in total. The third-order valence-electron chi connectivity index (χ3n) is 0.774. The number of hydrogen-bond donors (Lipinski definition) is 2. The number of nitrogens with zero attached hydrogens (tertiary/aromatic N) is 1. The number of aliphatic imine (C=N–C) groups is 1. The van der Waals surface area contributed by atoms with E-state index in [4.69, 9.17) is 5.21 Å². The van der Waals surface area contributed by atoms with E-state index >= 15 is 0 Å². The Morgan fingerprint density at radius 2 is 2.50 bits per heavy atom. The third kappa shape index (κ3) is 2.65. The van der Waals surface area contributed by atoms with Crippen LogP contribution in [0.2, 0.25) is 0 Å². The lowest BCUT2D eigenvalue weighted by Gasteiger charge is -1.94. The Hall–Kier alpha value is -0.810. The maximum atomic E-state index is 10.5. The summed E-state index contributed by atoms with van der Waals surface area (Å²) in [4.78, 5) is 14.2. The number of hydroxylamine groups is 1.